The summed E-state index contributed by atoms with van der Waals surface area (Å²) in [6, 6.07) is 10.8. The second-order valence-electron chi connectivity index (χ2n) is 8.14. The lowest BCUT2D eigenvalue weighted by molar-refractivity contribution is -0.126. The first-order chi connectivity index (χ1) is 12.7. The first kappa shape index (κ1) is 19.4. The fourth-order valence-electron chi connectivity index (χ4n) is 4.38. The van der Waals surface area contributed by atoms with E-state index in [0.717, 1.165) is 51.0 Å². The van der Waals surface area contributed by atoms with E-state index < -0.39 is 0 Å². The lowest BCUT2D eigenvalue weighted by atomic mass is 9.89. The highest BCUT2D eigenvalue weighted by molar-refractivity contribution is 5.81. The second-order valence-corrected chi connectivity index (χ2v) is 8.14. The number of rotatable bonds is 7. The van der Waals surface area contributed by atoms with Crippen LogP contribution in [0, 0.1) is 11.8 Å². The summed E-state index contributed by atoms with van der Waals surface area (Å²) in [6.07, 6.45) is 7.23. The van der Waals surface area contributed by atoms with Gasteiger partial charge in [0.1, 0.15) is 0 Å². The first-order valence-electron chi connectivity index (χ1n) is 10.5. The average Bonchev–Trinajstić information content (AvgIpc) is 2.69. The molecule has 0 bridgehead atoms. The lowest BCUT2D eigenvalue weighted by Gasteiger charge is -2.35. The van der Waals surface area contributed by atoms with Crippen molar-refractivity contribution in [2.75, 3.05) is 32.7 Å². The van der Waals surface area contributed by atoms with Crippen molar-refractivity contribution in [3.8, 4) is 0 Å². The van der Waals surface area contributed by atoms with Crippen LogP contribution in [-0.4, -0.2) is 49.6 Å². The summed E-state index contributed by atoms with van der Waals surface area (Å²) in [7, 11) is 0. The van der Waals surface area contributed by atoms with Crippen molar-refractivity contribution in [2.24, 2.45) is 11.8 Å². The van der Waals surface area contributed by atoms with Gasteiger partial charge in [0.2, 0.25) is 5.91 Å². The van der Waals surface area contributed by atoms with Crippen LogP contribution in [0.5, 0.6) is 0 Å². The Morgan fingerprint density at radius 2 is 1.96 bits per heavy atom. The Bertz CT molecular complexity index is 534. The number of hydrogen-bond donors (Lipinski definition) is 2. The molecule has 2 atom stereocenters. The maximum atomic E-state index is 12.5. The molecule has 2 saturated heterocycles. The van der Waals surface area contributed by atoms with E-state index in [1.165, 1.54) is 37.7 Å². The zero-order chi connectivity index (χ0) is 18.2. The number of hydrogen-bond acceptors (Lipinski definition) is 3. The molecule has 1 aromatic carbocycles. The number of carbonyl (C=O) groups is 1. The molecule has 2 unspecified atom stereocenters. The third-order valence-corrected chi connectivity index (χ3v) is 6.19. The molecule has 3 rings (SSSR count). The Labute approximate surface area is 158 Å². The molecule has 0 spiro atoms. The van der Waals surface area contributed by atoms with Gasteiger partial charge in [0.25, 0.3) is 0 Å². The van der Waals surface area contributed by atoms with Gasteiger partial charge < -0.3 is 10.6 Å². The van der Waals surface area contributed by atoms with Gasteiger partial charge in [-0.3, -0.25) is 9.69 Å². The van der Waals surface area contributed by atoms with Crippen LogP contribution in [0.3, 0.4) is 0 Å². The van der Waals surface area contributed by atoms with E-state index in [1.54, 1.807) is 0 Å². The molecule has 2 aliphatic rings. The van der Waals surface area contributed by atoms with Gasteiger partial charge in [0.15, 0.2) is 0 Å². The summed E-state index contributed by atoms with van der Waals surface area (Å²) in [4.78, 5) is 14.8. The maximum Gasteiger partial charge on any atom is 0.237 e. The Morgan fingerprint density at radius 3 is 2.65 bits per heavy atom. The first-order valence-corrected chi connectivity index (χ1v) is 10.5. The topological polar surface area (TPSA) is 44.4 Å². The largest absolute Gasteiger partial charge is 0.355 e. The van der Waals surface area contributed by atoms with Crippen molar-refractivity contribution in [2.45, 2.75) is 51.5 Å². The highest BCUT2D eigenvalue weighted by Crippen LogP contribution is 2.23. The Hall–Kier alpha value is -1.39. The highest BCUT2D eigenvalue weighted by atomic mass is 16.2. The van der Waals surface area contributed by atoms with E-state index in [0.29, 0.717) is 0 Å². The summed E-state index contributed by atoms with van der Waals surface area (Å²) in [6.45, 7) is 7.23. The van der Waals surface area contributed by atoms with Gasteiger partial charge in [-0.1, -0.05) is 30.3 Å². The molecule has 2 N–H and O–H groups in total. The molecule has 1 aromatic rings. The van der Waals surface area contributed by atoms with Crippen LogP contribution in [0.25, 0.3) is 0 Å². The normalized spacial score (nSPS) is 23.5. The van der Waals surface area contributed by atoms with Crippen molar-refractivity contribution in [3.05, 3.63) is 35.9 Å². The van der Waals surface area contributed by atoms with Crippen LogP contribution >= 0.6 is 0 Å². The molecular formula is C22H35N3O. The molecule has 0 saturated carbocycles. The maximum absolute atomic E-state index is 12.5. The van der Waals surface area contributed by atoms with Crippen LogP contribution in [0.15, 0.2) is 30.3 Å². The molecule has 4 nitrogen and oxygen atoms in total. The van der Waals surface area contributed by atoms with Gasteiger partial charge in [-0.05, 0) is 89.0 Å². The van der Waals surface area contributed by atoms with E-state index in [1.807, 2.05) is 0 Å². The predicted octanol–water partition coefficient (Wildman–Crippen LogP) is 2.84. The standard InChI is InChI=1S/C22H35N3O/c1-18(22(26)24-13-9-21-8-5-12-23-17-21)25-14-10-20(11-15-25)16-19-6-3-2-4-7-19/h2-4,6-7,18,20-21,23H,5,8-17H2,1H3,(H,24,26). The van der Waals surface area contributed by atoms with E-state index in [9.17, 15) is 4.79 Å². The number of benzene rings is 1. The SMILES string of the molecule is CC(C(=O)NCCC1CCCNC1)N1CCC(Cc2ccccc2)CC1. The third kappa shape index (κ3) is 5.82. The number of nitrogens with zero attached hydrogens (tertiary/aromatic N) is 1. The van der Waals surface area contributed by atoms with E-state index in [-0.39, 0.29) is 11.9 Å². The number of likely N-dealkylation sites (tertiary alicyclic amines) is 1. The zero-order valence-electron chi connectivity index (χ0n) is 16.3. The molecule has 2 aliphatic heterocycles. The minimum atomic E-state index is -0.00263. The van der Waals surface area contributed by atoms with Crippen LogP contribution in [0.2, 0.25) is 0 Å². The molecular weight excluding hydrogens is 322 g/mol. The summed E-state index contributed by atoms with van der Waals surface area (Å²) in [5, 5.41) is 6.62. The number of amides is 1. The number of carbonyl (C=O) groups excluding carboxylic acids is 1. The summed E-state index contributed by atoms with van der Waals surface area (Å²) >= 11 is 0. The van der Waals surface area contributed by atoms with Gasteiger partial charge in [-0.2, -0.15) is 0 Å². The molecule has 2 heterocycles. The van der Waals surface area contributed by atoms with Gasteiger partial charge in [0.05, 0.1) is 6.04 Å². The van der Waals surface area contributed by atoms with Crippen molar-refractivity contribution in [3.63, 3.8) is 0 Å². The smallest absolute Gasteiger partial charge is 0.237 e. The van der Waals surface area contributed by atoms with E-state index in [4.69, 9.17) is 0 Å². The monoisotopic (exact) mass is 357 g/mol. The fraction of sp³-hybridized carbons (Fsp3) is 0.682. The van der Waals surface area contributed by atoms with Crippen molar-refractivity contribution < 1.29 is 4.79 Å². The van der Waals surface area contributed by atoms with Crippen LogP contribution in [0.1, 0.15) is 44.6 Å². The lowest BCUT2D eigenvalue weighted by Crippen LogP contribution is -2.48. The molecule has 1 amide bonds. The Kier molecular flexibility index (Phi) is 7.51. The Morgan fingerprint density at radius 1 is 1.19 bits per heavy atom. The summed E-state index contributed by atoms with van der Waals surface area (Å²) in [5.74, 6) is 1.69. The summed E-state index contributed by atoms with van der Waals surface area (Å²) < 4.78 is 0. The molecule has 2 fully saturated rings. The van der Waals surface area contributed by atoms with Crippen LogP contribution in [-0.2, 0) is 11.2 Å². The van der Waals surface area contributed by atoms with Crippen molar-refractivity contribution in [1.29, 1.82) is 0 Å². The quantitative estimate of drug-likeness (QED) is 0.789. The molecule has 0 radical (unpaired) electrons. The van der Waals surface area contributed by atoms with Crippen molar-refractivity contribution >= 4 is 5.91 Å². The molecule has 0 aromatic heterocycles. The molecule has 4 heteroatoms. The highest BCUT2D eigenvalue weighted by Gasteiger charge is 2.26. The number of nitrogens with one attached hydrogen (secondary N) is 2. The van der Waals surface area contributed by atoms with Gasteiger partial charge >= 0.3 is 0 Å². The molecule has 26 heavy (non-hydrogen) atoms. The van der Waals surface area contributed by atoms with Crippen LogP contribution in [0.4, 0.5) is 0 Å². The molecule has 144 valence electrons. The predicted molar refractivity (Wildman–Crippen MR) is 107 cm³/mol. The zero-order valence-corrected chi connectivity index (χ0v) is 16.3. The second kappa shape index (κ2) is 10.1. The van der Waals surface area contributed by atoms with Gasteiger partial charge in [0, 0.05) is 6.54 Å². The molecule has 0 aliphatic carbocycles. The third-order valence-electron chi connectivity index (χ3n) is 6.19. The fourth-order valence-corrected chi connectivity index (χ4v) is 4.38. The number of piperidine rings is 2. The van der Waals surface area contributed by atoms with Crippen LogP contribution < -0.4 is 10.6 Å². The average molecular weight is 358 g/mol. The van der Waals surface area contributed by atoms with Crippen molar-refractivity contribution in [1.82, 2.24) is 15.5 Å². The van der Waals surface area contributed by atoms with E-state index >= 15 is 0 Å². The minimum Gasteiger partial charge on any atom is -0.355 e. The van der Waals surface area contributed by atoms with Gasteiger partial charge in [-0.15, -0.1) is 0 Å². The minimum absolute atomic E-state index is 0.00263. The van der Waals surface area contributed by atoms with Gasteiger partial charge in [-0.25, -0.2) is 0 Å². The Balaban J connectivity index is 1.34. The van der Waals surface area contributed by atoms with E-state index in [2.05, 4.69) is 52.8 Å². The summed E-state index contributed by atoms with van der Waals surface area (Å²) in [5.41, 5.74) is 1.44.